The lowest BCUT2D eigenvalue weighted by Gasteiger charge is -2.18. The SMILES string of the molecule is CN(C)c1cccc(C(N)c2ccccc2Cl)c1. The normalized spacial score (nSPS) is 12.2. The van der Waals surface area contributed by atoms with Gasteiger partial charge in [-0.15, -0.1) is 0 Å². The van der Waals surface area contributed by atoms with Crippen LogP contribution in [0.15, 0.2) is 48.5 Å². The molecule has 0 amide bonds. The maximum absolute atomic E-state index is 6.28. The van der Waals surface area contributed by atoms with E-state index in [1.165, 1.54) is 0 Å². The predicted octanol–water partition coefficient (Wildman–Crippen LogP) is 3.45. The summed E-state index contributed by atoms with van der Waals surface area (Å²) in [6.45, 7) is 0. The van der Waals surface area contributed by atoms with Crippen molar-refractivity contribution in [3.05, 3.63) is 64.7 Å². The molecular weight excluding hydrogens is 244 g/mol. The number of hydrogen-bond donors (Lipinski definition) is 1. The van der Waals surface area contributed by atoms with Crippen molar-refractivity contribution >= 4 is 17.3 Å². The Morgan fingerprint density at radius 3 is 2.44 bits per heavy atom. The molecule has 2 aromatic carbocycles. The molecule has 0 saturated heterocycles. The highest BCUT2D eigenvalue weighted by atomic mass is 35.5. The third-order valence-electron chi connectivity index (χ3n) is 2.99. The molecule has 1 unspecified atom stereocenters. The Morgan fingerprint density at radius 1 is 1.06 bits per heavy atom. The minimum atomic E-state index is -0.196. The molecule has 0 bridgehead atoms. The van der Waals surface area contributed by atoms with Gasteiger partial charge in [-0.1, -0.05) is 41.9 Å². The van der Waals surface area contributed by atoms with E-state index in [-0.39, 0.29) is 6.04 Å². The van der Waals surface area contributed by atoms with Crippen molar-refractivity contribution in [2.24, 2.45) is 5.73 Å². The Bertz CT molecular complexity index is 538. The van der Waals surface area contributed by atoms with E-state index in [9.17, 15) is 0 Å². The monoisotopic (exact) mass is 260 g/mol. The third kappa shape index (κ3) is 2.66. The van der Waals surface area contributed by atoms with Crippen LogP contribution in [0.5, 0.6) is 0 Å². The summed E-state index contributed by atoms with van der Waals surface area (Å²) in [5.74, 6) is 0. The first-order chi connectivity index (χ1) is 8.59. The summed E-state index contributed by atoms with van der Waals surface area (Å²) in [6, 6.07) is 15.7. The lowest BCUT2D eigenvalue weighted by molar-refractivity contribution is 0.870. The summed E-state index contributed by atoms with van der Waals surface area (Å²) in [5.41, 5.74) is 9.44. The van der Waals surface area contributed by atoms with Crippen LogP contribution in [-0.2, 0) is 0 Å². The lowest BCUT2D eigenvalue weighted by atomic mass is 9.99. The van der Waals surface area contributed by atoms with E-state index in [4.69, 9.17) is 17.3 Å². The minimum Gasteiger partial charge on any atom is -0.378 e. The zero-order valence-electron chi connectivity index (χ0n) is 10.6. The van der Waals surface area contributed by atoms with Crippen LogP contribution in [0.2, 0.25) is 5.02 Å². The highest BCUT2D eigenvalue weighted by Crippen LogP contribution is 2.27. The van der Waals surface area contributed by atoms with Crippen LogP contribution in [0.4, 0.5) is 5.69 Å². The van der Waals surface area contributed by atoms with Gasteiger partial charge in [0.1, 0.15) is 0 Å². The van der Waals surface area contributed by atoms with Crippen LogP contribution in [-0.4, -0.2) is 14.1 Å². The Kier molecular flexibility index (Phi) is 3.90. The van der Waals surface area contributed by atoms with E-state index in [2.05, 4.69) is 17.0 Å². The molecule has 2 N–H and O–H groups in total. The molecule has 0 radical (unpaired) electrons. The largest absolute Gasteiger partial charge is 0.378 e. The zero-order chi connectivity index (χ0) is 13.1. The van der Waals surface area contributed by atoms with Gasteiger partial charge in [0.25, 0.3) is 0 Å². The van der Waals surface area contributed by atoms with Crippen LogP contribution in [0.3, 0.4) is 0 Å². The number of anilines is 1. The molecule has 1 atom stereocenters. The molecule has 3 heteroatoms. The molecule has 18 heavy (non-hydrogen) atoms. The Morgan fingerprint density at radius 2 is 1.78 bits per heavy atom. The van der Waals surface area contributed by atoms with Crippen molar-refractivity contribution in [2.45, 2.75) is 6.04 Å². The second kappa shape index (κ2) is 5.42. The molecule has 0 heterocycles. The van der Waals surface area contributed by atoms with Gasteiger partial charge in [-0.05, 0) is 29.3 Å². The number of nitrogens with zero attached hydrogens (tertiary/aromatic N) is 1. The van der Waals surface area contributed by atoms with Crippen molar-refractivity contribution < 1.29 is 0 Å². The molecule has 0 aliphatic carbocycles. The molecule has 0 fully saturated rings. The number of hydrogen-bond acceptors (Lipinski definition) is 2. The summed E-state index contributed by atoms with van der Waals surface area (Å²) < 4.78 is 0. The maximum Gasteiger partial charge on any atom is 0.0567 e. The van der Waals surface area contributed by atoms with Crippen LogP contribution < -0.4 is 10.6 Å². The fourth-order valence-electron chi connectivity index (χ4n) is 1.90. The molecular formula is C15H17ClN2. The van der Waals surface area contributed by atoms with Gasteiger partial charge in [-0.3, -0.25) is 0 Å². The van der Waals surface area contributed by atoms with E-state index < -0.39 is 0 Å². The van der Waals surface area contributed by atoms with Crippen molar-refractivity contribution in [1.29, 1.82) is 0 Å². The molecule has 94 valence electrons. The van der Waals surface area contributed by atoms with Crippen LogP contribution in [0.1, 0.15) is 17.2 Å². The number of nitrogens with two attached hydrogens (primary N) is 1. The molecule has 0 aromatic heterocycles. The molecule has 0 saturated carbocycles. The Hall–Kier alpha value is -1.51. The third-order valence-corrected chi connectivity index (χ3v) is 3.33. The number of halogens is 1. The summed E-state index contributed by atoms with van der Waals surface area (Å²) in [7, 11) is 4.03. The molecule has 0 spiro atoms. The first-order valence-electron chi connectivity index (χ1n) is 5.87. The van der Waals surface area contributed by atoms with Crippen molar-refractivity contribution in [1.82, 2.24) is 0 Å². The van der Waals surface area contributed by atoms with Crippen LogP contribution in [0, 0.1) is 0 Å². The Labute approximate surface area is 113 Å². The molecule has 2 aromatic rings. The van der Waals surface area contributed by atoms with Gasteiger partial charge < -0.3 is 10.6 Å². The van der Waals surface area contributed by atoms with Gasteiger partial charge in [0, 0.05) is 24.8 Å². The van der Waals surface area contributed by atoms with E-state index in [0.29, 0.717) is 5.02 Å². The maximum atomic E-state index is 6.28. The first-order valence-corrected chi connectivity index (χ1v) is 6.24. The molecule has 0 aliphatic heterocycles. The first kappa shape index (κ1) is 12.9. The van der Waals surface area contributed by atoms with Gasteiger partial charge in [-0.2, -0.15) is 0 Å². The average Bonchev–Trinajstić information content (AvgIpc) is 2.38. The standard InChI is InChI=1S/C15H17ClN2/c1-18(2)12-7-5-6-11(10-12)15(17)13-8-3-4-9-14(13)16/h3-10,15H,17H2,1-2H3. The number of benzene rings is 2. The number of rotatable bonds is 3. The van der Waals surface area contributed by atoms with Gasteiger partial charge in [0.15, 0.2) is 0 Å². The average molecular weight is 261 g/mol. The topological polar surface area (TPSA) is 29.3 Å². The molecule has 2 nitrogen and oxygen atoms in total. The summed E-state index contributed by atoms with van der Waals surface area (Å²) in [4.78, 5) is 2.06. The molecule has 2 rings (SSSR count). The van der Waals surface area contributed by atoms with E-state index >= 15 is 0 Å². The summed E-state index contributed by atoms with van der Waals surface area (Å²) >= 11 is 6.18. The van der Waals surface area contributed by atoms with E-state index in [0.717, 1.165) is 16.8 Å². The quantitative estimate of drug-likeness (QED) is 0.916. The van der Waals surface area contributed by atoms with E-state index in [1.54, 1.807) is 0 Å². The minimum absolute atomic E-state index is 0.196. The van der Waals surface area contributed by atoms with E-state index in [1.807, 2.05) is 50.5 Å². The van der Waals surface area contributed by atoms with Crippen molar-refractivity contribution in [3.63, 3.8) is 0 Å². The smallest absolute Gasteiger partial charge is 0.0567 e. The van der Waals surface area contributed by atoms with Crippen LogP contribution >= 0.6 is 11.6 Å². The lowest BCUT2D eigenvalue weighted by Crippen LogP contribution is -2.14. The fraction of sp³-hybridized carbons (Fsp3) is 0.200. The zero-order valence-corrected chi connectivity index (χ0v) is 11.4. The summed E-state index contributed by atoms with van der Waals surface area (Å²) in [5, 5.41) is 0.709. The van der Waals surface area contributed by atoms with Crippen molar-refractivity contribution in [2.75, 3.05) is 19.0 Å². The Balaban J connectivity index is 2.37. The fourth-order valence-corrected chi connectivity index (χ4v) is 2.16. The predicted molar refractivity (Wildman–Crippen MR) is 78.3 cm³/mol. The van der Waals surface area contributed by atoms with Crippen molar-refractivity contribution in [3.8, 4) is 0 Å². The van der Waals surface area contributed by atoms with Gasteiger partial charge >= 0.3 is 0 Å². The van der Waals surface area contributed by atoms with Crippen LogP contribution in [0.25, 0.3) is 0 Å². The second-order valence-corrected chi connectivity index (χ2v) is 4.90. The highest BCUT2D eigenvalue weighted by Gasteiger charge is 2.12. The van der Waals surface area contributed by atoms with Gasteiger partial charge in [-0.25, -0.2) is 0 Å². The van der Waals surface area contributed by atoms with Gasteiger partial charge in [0.05, 0.1) is 6.04 Å². The highest BCUT2D eigenvalue weighted by molar-refractivity contribution is 6.31. The summed E-state index contributed by atoms with van der Waals surface area (Å²) in [6.07, 6.45) is 0. The second-order valence-electron chi connectivity index (χ2n) is 4.49. The van der Waals surface area contributed by atoms with Gasteiger partial charge in [0.2, 0.25) is 0 Å². The molecule has 0 aliphatic rings.